The van der Waals surface area contributed by atoms with Crippen LogP contribution in [0.2, 0.25) is 0 Å². The Morgan fingerprint density at radius 1 is 1.04 bits per heavy atom. The number of piperidine rings is 1. The van der Waals surface area contributed by atoms with Crippen LogP contribution in [-0.4, -0.2) is 51.6 Å². The van der Waals surface area contributed by atoms with Crippen molar-refractivity contribution >= 4 is 5.91 Å². The van der Waals surface area contributed by atoms with Crippen molar-refractivity contribution in [3.8, 4) is 0 Å². The monoisotopic (exact) mass is 354 g/mol. The van der Waals surface area contributed by atoms with Gasteiger partial charge < -0.3 is 10.00 Å². The van der Waals surface area contributed by atoms with Crippen molar-refractivity contribution < 1.29 is 4.79 Å². The minimum absolute atomic E-state index is 0.0429. The molecule has 1 saturated heterocycles. The molecule has 6 nitrogen and oxygen atoms in total. The quantitative estimate of drug-likeness (QED) is 0.881. The van der Waals surface area contributed by atoms with Crippen LogP contribution in [0.25, 0.3) is 0 Å². The van der Waals surface area contributed by atoms with Crippen LogP contribution in [0.5, 0.6) is 0 Å². The van der Waals surface area contributed by atoms with Crippen molar-refractivity contribution in [2.75, 3.05) is 19.6 Å². The maximum atomic E-state index is 13.3. The summed E-state index contributed by atoms with van der Waals surface area (Å²) in [5.74, 6) is 0.224. The molecule has 1 aromatic heterocycles. The number of amides is 1. The van der Waals surface area contributed by atoms with E-state index in [0.717, 1.165) is 43.6 Å². The summed E-state index contributed by atoms with van der Waals surface area (Å²) in [6, 6.07) is 10.3. The first-order valence-electron chi connectivity index (χ1n) is 9.57. The van der Waals surface area contributed by atoms with Crippen molar-refractivity contribution in [1.82, 2.24) is 20.0 Å². The molecule has 2 aliphatic rings. The number of hydrogen-bond acceptors (Lipinski definition) is 3. The number of hydrogen-bond donors (Lipinski definition) is 2. The molecule has 2 aliphatic heterocycles. The Kier molecular flexibility index (Phi) is 4.93. The molecule has 0 bridgehead atoms. The highest BCUT2D eigenvalue weighted by molar-refractivity contribution is 5.82. The number of carbonyl (C=O) groups excluding carboxylic acids is 1. The third kappa shape index (κ3) is 3.46. The standard InChI is InChI=1S/C20H26N4O2/c25-19-16-9-12-23(13-10-17(16)21-22-19)20(26)18-8-4-5-11-24(18)14-15-6-2-1-3-7-15/h1-3,6-7,18H,4-5,8-14H2,(H2,21,22,25)/t18-/m1/s1. The van der Waals surface area contributed by atoms with Crippen LogP contribution in [0.1, 0.15) is 36.1 Å². The minimum atomic E-state index is -0.0438. The largest absolute Gasteiger partial charge is 0.341 e. The summed E-state index contributed by atoms with van der Waals surface area (Å²) in [5, 5.41) is 5.62. The van der Waals surface area contributed by atoms with Crippen molar-refractivity contribution in [3.63, 3.8) is 0 Å². The number of nitrogens with one attached hydrogen (secondary N) is 2. The van der Waals surface area contributed by atoms with Crippen molar-refractivity contribution in [2.24, 2.45) is 0 Å². The fourth-order valence-corrected chi connectivity index (χ4v) is 4.21. The summed E-state index contributed by atoms with van der Waals surface area (Å²) in [6.45, 7) is 3.10. The van der Waals surface area contributed by atoms with Gasteiger partial charge in [-0.15, -0.1) is 0 Å². The summed E-state index contributed by atoms with van der Waals surface area (Å²) in [4.78, 5) is 29.4. The van der Waals surface area contributed by atoms with E-state index in [-0.39, 0.29) is 17.5 Å². The van der Waals surface area contributed by atoms with Gasteiger partial charge in [-0.1, -0.05) is 36.8 Å². The lowest BCUT2D eigenvalue weighted by atomic mass is 9.99. The van der Waals surface area contributed by atoms with E-state index in [1.165, 1.54) is 5.56 Å². The number of nitrogens with zero attached hydrogens (tertiary/aromatic N) is 2. The van der Waals surface area contributed by atoms with Gasteiger partial charge in [-0.05, 0) is 31.4 Å². The Balaban J connectivity index is 1.46. The number of H-pyrrole nitrogens is 2. The number of aromatic amines is 2. The van der Waals surface area contributed by atoms with Crippen LogP contribution in [0, 0.1) is 0 Å². The van der Waals surface area contributed by atoms with Gasteiger partial charge in [0.15, 0.2) is 0 Å². The summed E-state index contributed by atoms with van der Waals surface area (Å²) in [7, 11) is 0. The summed E-state index contributed by atoms with van der Waals surface area (Å²) in [6.07, 6.45) is 4.52. The van der Waals surface area contributed by atoms with E-state index in [2.05, 4.69) is 39.4 Å². The van der Waals surface area contributed by atoms with Crippen molar-refractivity contribution in [2.45, 2.75) is 44.7 Å². The first kappa shape index (κ1) is 17.1. The van der Waals surface area contributed by atoms with Gasteiger partial charge in [0.1, 0.15) is 0 Å². The average Bonchev–Trinajstić information content (AvgIpc) is 2.89. The van der Waals surface area contributed by atoms with Crippen molar-refractivity contribution in [1.29, 1.82) is 0 Å². The second-order valence-corrected chi connectivity index (χ2v) is 7.33. The summed E-state index contributed by atoms with van der Waals surface area (Å²) < 4.78 is 0. The number of rotatable bonds is 3. The second kappa shape index (κ2) is 7.50. The van der Waals surface area contributed by atoms with E-state index in [1.807, 2.05) is 11.0 Å². The van der Waals surface area contributed by atoms with Gasteiger partial charge in [0.2, 0.25) is 5.91 Å². The Bertz CT molecular complexity index is 811. The molecule has 138 valence electrons. The van der Waals surface area contributed by atoms with Crippen LogP contribution in [-0.2, 0) is 24.2 Å². The Labute approximate surface area is 153 Å². The molecule has 2 aromatic rings. The van der Waals surface area contributed by atoms with Gasteiger partial charge in [-0.25, -0.2) is 0 Å². The zero-order chi connectivity index (χ0) is 17.9. The number of fused-ring (bicyclic) bond motifs is 1. The zero-order valence-electron chi connectivity index (χ0n) is 15.0. The van der Waals surface area contributed by atoms with Gasteiger partial charge in [0.25, 0.3) is 5.56 Å². The van der Waals surface area contributed by atoms with Crippen LogP contribution >= 0.6 is 0 Å². The van der Waals surface area contributed by atoms with Crippen LogP contribution < -0.4 is 5.56 Å². The number of aromatic nitrogens is 2. The van der Waals surface area contributed by atoms with E-state index >= 15 is 0 Å². The molecule has 1 aromatic carbocycles. The van der Waals surface area contributed by atoms with Crippen LogP contribution in [0.4, 0.5) is 0 Å². The molecule has 4 rings (SSSR count). The van der Waals surface area contributed by atoms with Gasteiger partial charge >= 0.3 is 0 Å². The SMILES string of the molecule is O=C([C@H]1CCCCN1Cc1ccccc1)N1CCc2[nH][nH]c(=O)c2CC1. The van der Waals surface area contributed by atoms with Gasteiger partial charge in [0.05, 0.1) is 6.04 Å². The highest BCUT2D eigenvalue weighted by Crippen LogP contribution is 2.22. The molecule has 1 atom stereocenters. The van der Waals surface area contributed by atoms with Gasteiger partial charge in [-0.3, -0.25) is 19.6 Å². The molecule has 0 spiro atoms. The Morgan fingerprint density at radius 2 is 1.85 bits per heavy atom. The molecular weight excluding hydrogens is 328 g/mol. The average molecular weight is 354 g/mol. The minimum Gasteiger partial charge on any atom is -0.341 e. The topological polar surface area (TPSA) is 72.2 Å². The Morgan fingerprint density at radius 3 is 2.69 bits per heavy atom. The second-order valence-electron chi connectivity index (χ2n) is 7.33. The lowest BCUT2D eigenvalue weighted by Crippen LogP contribution is -2.51. The first-order valence-corrected chi connectivity index (χ1v) is 9.57. The first-order chi connectivity index (χ1) is 12.7. The highest BCUT2D eigenvalue weighted by Gasteiger charge is 2.33. The third-order valence-electron chi connectivity index (χ3n) is 5.67. The summed E-state index contributed by atoms with van der Waals surface area (Å²) >= 11 is 0. The van der Waals surface area contributed by atoms with E-state index < -0.39 is 0 Å². The highest BCUT2D eigenvalue weighted by atomic mass is 16.2. The molecule has 0 unspecified atom stereocenters. The molecule has 6 heteroatoms. The smallest absolute Gasteiger partial charge is 0.267 e. The van der Waals surface area contributed by atoms with Crippen LogP contribution in [0.3, 0.4) is 0 Å². The summed E-state index contributed by atoms with van der Waals surface area (Å²) in [5.41, 5.74) is 2.97. The predicted molar refractivity (Wildman–Crippen MR) is 99.9 cm³/mol. The molecule has 2 N–H and O–H groups in total. The van der Waals surface area contributed by atoms with Crippen LogP contribution in [0.15, 0.2) is 35.1 Å². The fraction of sp³-hybridized carbons (Fsp3) is 0.500. The zero-order valence-corrected chi connectivity index (χ0v) is 15.0. The fourth-order valence-electron chi connectivity index (χ4n) is 4.21. The predicted octanol–water partition coefficient (Wildman–Crippen LogP) is 1.68. The van der Waals surface area contributed by atoms with Crippen molar-refractivity contribution in [3.05, 3.63) is 57.5 Å². The molecule has 0 aliphatic carbocycles. The number of benzene rings is 1. The molecule has 1 amide bonds. The normalized spacial score (nSPS) is 21.2. The third-order valence-corrected chi connectivity index (χ3v) is 5.67. The van der Waals surface area contributed by atoms with Gasteiger partial charge in [-0.2, -0.15) is 0 Å². The molecule has 1 fully saturated rings. The van der Waals surface area contributed by atoms with E-state index in [1.54, 1.807) is 0 Å². The maximum Gasteiger partial charge on any atom is 0.267 e. The molecule has 26 heavy (non-hydrogen) atoms. The van der Waals surface area contributed by atoms with E-state index in [4.69, 9.17) is 0 Å². The molecule has 3 heterocycles. The molecule has 0 saturated carbocycles. The lowest BCUT2D eigenvalue weighted by Gasteiger charge is -2.37. The Hall–Kier alpha value is -2.34. The lowest BCUT2D eigenvalue weighted by molar-refractivity contribution is -0.138. The number of carbonyl (C=O) groups is 1. The number of likely N-dealkylation sites (tertiary alicyclic amines) is 1. The molecule has 0 radical (unpaired) electrons. The van der Waals surface area contributed by atoms with E-state index in [9.17, 15) is 9.59 Å². The van der Waals surface area contributed by atoms with Gasteiger partial charge in [0, 0.05) is 37.3 Å². The maximum absolute atomic E-state index is 13.3. The molecular formula is C20H26N4O2. The van der Waals surface area contributed by atoms with E-state index in [0.29, 0.717) is 25.9 Å².